The minimum atomic E-state index is -0.133. The number of hydrogen-bond donors (Lipinski definition) is 1. The van der Waals surface area contributed by atoms with Gasteiger partial charge in [-0.2, -0.15) is 0 Å². The van der Waals surface area contributed by atoms with E-state index in [1.165, 1.54) is 17.3 Å². The first-order valence-corrected chi connectivity index (χ1v) is 8.32. The fourth-order valence-electron chi connectivity index (χ4n) is 2.32. The molecular formula is C18H15NO2S2. The molecule has 0 unspecified atom stereocenters. The molecule has 0 atom stereocenters. The van der Waals surface area contributed by atoms with Gasteiger partial charge in [-0.25, -0.2) is 0 Å². The van der Waals surface area contributed by atoms with E-state index in [0.717, 1.165) is 16.8 Å². The standard InChI is InChI=1S/C18H15NO2S2/c1-11-6-7-14(8-12(11)2)19-17(21)16(23-18(19)22)10-13-4-3-5-15(20)9-13/h3-10,20H,1-2H3/b16-10-. The van der Waals surface area contributed by atoms with Crippen molar-refractivity contribution >= 4 is 46.0 Å². The third-order valence-electron chi connectivity index (χ3n) is 3.71. The number of carbonyl (C=O) groups is 1. The number of hydrogen-bond acceptors (Lipinski definition) is 4. The van der Waals surface area contributed by atoms with Gasteiger partial charge in [0.25, 0.3) is 5.91 Å². The molecule has 2 aromatic rings. The SMILES string of the molecule is Cc1ccc(N2C(=O)/C(=C/c3cccc(O)c3)SC2=S)cc1C. The number of benzene rings is 2. The first kappa shape index (κ1) is 15.8. The van der Waals surface area contributed by atoms with Crippen LogP contribution in [0.3, 0.4) is 0 Å². The molecule has 0 saturated carbocycles. The molecule has 0 bridgehead atoms. The van der Waals surface area contributed by atoms with E-state index in [1.54, 1.807) is 29.2 Å². The lowest BCUT2D eigenvalue weighted by molar-refractivity contribution is -0.113. The van der Waals surface area contributed by atoms with Crippen LogP contribution in [0, 0.1) is 13.8 Å². The van der Waals surface area contributed by atoms with Gasteiger partial charge in [0.05, 0.1) is 10.6 Å². The van der Waals surface area contributed by atoms with E-state index < -0.39 is 0 Å². The van der Waals surface area contributed by atoms with Crippen molar-refractivity contribution in [2.24, 2.45) is 0 Å². The first-order chi connectivity index (χ1) is 11.0. The molecule has 116 valence electrons. The Balaban J connectivity index is 1.95. The molecule has 2 aromatic carbocycles. The van der Waals surface area contributed by atoms with E-state index in [1.807, 2.05) is 38.1 Å². The van der Waals surface area contributed by atoms with Gasteiger partial charge >= 0.3 is 0 Å². The van der Waals surface area contributed by atoms with Gasteiger partial charge in [0, 0.05) is 0 Å². The maximum Gasteiger partial charge on any atom is 0.270 e. The minimum absolute atomic E-state index is 0.133. The predicted octanol–water partition coefficient (Wildman–Crippen LogP) is 4.41. The van der Waals surface area contributed by atoms with Gasteiger partial charge in [0.15, 0.2) is 4.32 Å². The van der Waals surface area contributed by atoms with E-state index >= 15 is 0 Å². The molecule has 1 fully saturated rings. The van der Waals surface area contributed by atoms with Crippen molar-refractivity contribution < 1.29 is 9.90 Å². The second-order valence-electron chi connectivity index (χ2n) is 5.38. The summed E-state index contributed by atoms with van der Waals surface area (Å²) in [6.45, 7) is 4.05. The zero-order valence-corrected chi connectivity index (χ0v) is 14.4. The summed E-state index contributed by atoms with van der Waals surface area (Å²) in [4.78, 5) is 14.8. The first-order valence-electron chi connectivity index (χ1n) is 7.10. The maximum absolute atomic E-state index is 12.7. The zero-order chi connectivity index (χ0) is 16.6. The summed E-state index contributed by atoms with van der Waals surface area (Å²) >= 11 is 6.65. The molecule has 1 saturated heterocycles. The lowest BCUT2D eigenvalue weighted by Crippen LogP contribution is -2.27. The van der Waals surface area contributed by atoms with Crippen LogP contribution in [0.2, 0.25) is 0 Å². The van der Waals surface area contributed by atoms with Gasteiger partial charge in [-0.05, 0) is 60.9 Å². The van der Waals surface area contributed by atoms with E-state index in [4.69, 9.17) is 12.2 Å². The molecule has 23 heavy (non-hydrogen) atoms. The Morgan fingerprint density at radius 1 is 1.13 bits per heavy atom. The number of phenolic OH excluding ortho intramolecular Hbond substituents is 1. The highest BCUT2D eigenvalue weighted by atomic mass is 32.2. The number of nitrogens with zero attached hydrogens (tertiary/aromatic N) is 1. The summed E-state index contributed by atoms with van der Waals surface area (Å²) in [5, 5.41) is 9.53. The Morgan fingerprint density at radius 2 is 1.91 bits per heavy atom. The number of phenols is 1. The summed E-state index contributed by atoms with van der Waals surface area (Å²) < 4.78 is 0.518. The lowest BCUT2D eigenvalue weighted by atomic mass is 10.1. The summed E-state index contributed by atoms with van der Waals surface area (Å²) in [6, 6.07) is 12.7. The van der Waals surface area contributed by atoms with E-state index in [9.17, 15) is 9.90 Å². The number of aryl methyl sites for hydroxylation is 2. The van der Waals surface area contributed by atoms with Crippen molar-refractivity contribution in [3.63, 3.8) is 0 Å². The molecule has 0 aliphatic carbocycles. The van der Waals surface area contributed by atoms with Gasteiger partial charge in [-0.15, -0.1) is 0 Å². The number of aromatic hydroxyl groups is 1. The zero-order valence-electron chi connectivity index (χ0n) is 12.7. The highest BCUT2D eigenvalue weighted by Crippen LogP contribution is 2.36. The van der Waals surface area contributed by atoms with Gasteiger partial charge in [-0.1, -0.05) is 42.2 Å². The van der Waals surface area contributed by atoms with Gasteiger partial charge in [0.1, 0.15) is 5.75 Å². The van der Waals surface area contributed by atoms with Crippen LogP contribution in [0.15, 0.2) is 47.4 Å². The normalized spacial score (nSPS) is 16.4. The van der Waals surface area contributed by atoms with Crippen LogP contribution in [-0.2, 0) is 4.79 Å². The molecule has 3 nitrogen and oxygen atoms in total. The molecule has 1 amide bonds. The highest BCUT2D eigenvalue weighted by Gasteiger charge is 2.33. The quantitative estimate of drug-likeness (QED) is 0.649. The van der Waals surface area contributed by atoms with Gasteiger partial charge in [-0.3, -0.25) is 9.69 Å². The van der Waals surface area contributed by atoms with Crippen LogP contribution >= 0.6 is 24.0 Å². The van der Waals surface area contributed by atoms with Gasteiger partial charge in [0.2, 0.25) is 0 Å². The fraction of sp³-hybridized carbons (Fsp3) is 0.111. The molecule has 5 heteroatoms. The third kappa shape index (κ3) is 3.16. The number of rotatable bonds is 2. The minimum Gasteiger partial charge on any atom is -0.508 e. The second kappa shape index (κ2) is 6.18. The summed E-state index contributed by atoms with van der Waals surface area (Å²) in [7, 11) is 0. The molecule has 1 heterocycles. The number of thiocarbonyl (C=S) groups is 1. The van der Waals surface area contributed by atoms with Crippen LogP contribution in [0.1, 0.15) is 16.7 Å². The number of amides is 1. The van der Waals surface area contributed by atoms with E-state index in [0.29, 0.717) is 9.23 Å². The fourth-order valence-corrected chi connectivity index (χ4v) is 3.62. The smallest absolute Gasteiger partial charge is 0.270 e. The van der Waals surface area contributed by atoms with Crippen molar-refractivity contribution in [2.45, 2.75) is 13.8 Å². The Kier molecular flexibility index (Phi) is 4.24. The van der Waals surface area contributed by atoms with Gasteiger partial charge < -0.3 is 5.11 Å². The van der Waals surface area contributed by atoms with Crippen molar-refractivity contribution in [1.82, 2.24) is 0 Å². The summed E-state index contributed by atoms with van der Waals surface area (Å²) in [6.07, 6.45) is 1.75. The van der Waals surface area contributed by atoms with Crippen LogP contribution in [0.5, 0.6) is 5.75 Å². The molecule has 0 aromatic heterocycles. The largest absolute Gasteiger partial charge is 0.508 e. The topological polar surface area (TPSA) is 40.5 Å². The molecule has 3 rings (SSSR count). The molecule has 1 aliphatic heterocycles. The van der Waals surface area contributed by atoms with Crippen LogP contribution in [0.4, 0.5) is 5.69 Å². The van der Waals surface area contributed by atoms with E-state index in [-0.39, 0.29) is 11.7 Å². The Labute approximate surface area is 144 Å². The molecule has 1 aliphatic rings. The van der Waals surface area contributed by atoms with Crippen LogP contribution in [0.25, 0.3) is 6.08 Å². The molecule has 0 radical (unpaired) electrons. The molecular weight excluding hydrogens is 326 g/mol. The van der Waals surface area contributed by atoms with Crippen molar-refractivity contribution in [3.8, 4) is 5.75 Å². The second-order valence-corrected chi connectivity index (χ2v) is 7.06. The maximum atomic E-state index is 12.7. The summed E-state index contributed by atoms with van der Waals surface area (Å²) in [5.74, 6) is 0.0370. The third-order valence-corrected chi connectivity index (χ3v) is 5.01. The number of anilines is 1. The Morgan fingerprint density at radius 3 is 2.61 bits per heavy atom. The average molecular weight is 341 g/mol. The monoisotopic (exact) mass is 341 g/mol. The lowest BCUT2D eigenvalue weighted by Gasteiger charge is -2.15. The van der Waals surface area contributed by atoms with E-state index in [2.05, 4.69) is 0 Å². The Bertz CT molecular complexity index is 843. The van der Waals surface area contributed by atoms with Crippen molar-refractivity contribution in [3.05, 3.63) is 64.1 Å². The Hall–Kier alpha value is -2.11. The van der Waals surface area contributed by atoms with Crippen LogP contribution in [-0.4, -0.2) is 15.3 Å². The number of thioether (sulfide) groups is 1. The highest BCUT2D eigenvalue weighted by molar-refractivity contribution is 8.27. The molecule has 0 spiro atoms. The average Bonchev–Trinajstić information content (AvgIpc) is 2.77. The summed E-state index contributed by atoms with van der Waals surface area (Å²) in [5.41, 5.74) is 3.85. The van der Waals surface area contributed by atoms with Crippen molar-refractivity contribution in [1.29, 1.82) is 0 Å². The van der Waals surface area contributed by atoms with Crippen LogP contribution < -0.4 is 4.90 Å². The predicted molar refractivity (Wildman–Crippen MR) is 99.7 cm³/mol. The van der Waals surface area contributed by atoms with Crippen molar-refractivity contribution in [2.75, 3.05) is 4.90 Å². The molecule has 1 N–H and O–H groups in total. The number of carbonyl (C=O) groups excluding carboxylic acids is 1.